The summed E-state index contributed by atoms with van der Waals surface area (Å²) >= 11 is 6.31. The number of nitrogens with one attached hydrogen (secondary N) is 1. The van der Waals surface area contributed by atoms with Crippen molar-refractivity contribution in [3.8, 4) is 5.69 Å². The van der Waals surface area contributed by atoms with Gasteiger partial charge >= 0.3 is 0 Å². The minimum atomic E-state index is -0.105. The van der Waals surface area contributed by atoms with Crippen molar-refractivity contribution in [3.63, 3.8) is 0 Å². The highest BCUT2D eigenvalue weighted by atomic mass is 35.5. The second-order valence-electron chi connectivity index (χ2n) is 6.78. The molecule has 1 aromatic heterocycles. The molecular formula is C18H25Cl2N5O. The second kappa shape index (κ2) is 8.84. The average Bonchev–Trinajstić information content (AvgIpc) is 3.22. The van der Waals surface area contributed by atoms with Crippen molar-refractivity contribution in [2.75, 3.05) is 26.7 Å². The SMILES string of the molecule is CNCC1CCN(C(=O)c2nc(C(C)C)n(-c3ccccc3Cl)n2)C1.Cl. The van der Waals surface area contributed by atoms with E-state index >= 15 is 0 Å². The summed E-state index contributed by atoms with van der Waals surface area (Å²) in [5.41, 5.74) is 0.744. The molecule has 1 aliphatic heterocycles. The number of carbonyl (C=O) groups is 1. The number of carbonyl (C=O) groups excluding carboxylic acids is 1. The summed E-state index contributed by atoms with van der Waals surface area (Å²) in [7, 11) is 1.94. The molecule has 142 valence electrons. The van der Waals surface area contributed by atoms with Crippen LogP contribution in [0.4, 0.5) is 0 Å². The summed E-state index contributed by atoms with van der Waals surface area (Å²) in [6.07, 6.45) is 1.01. The highest BCUT2D eigenvalue weighted by Gasteiger charge is 2.30. The molecule has 1 aliphatic rings. The Balaban J connectivity index is 0.00000243. The molecule has 1 amide bonds. The van der Waals surface area contributed by atoms with Crippen LogP contribution in [0, 0.1) is 5.92 Å². The Labute approximate surface area is 165 Å². The molecule has 6 nitrogen and oxygen atoms in total. The van der Waals surface area contributed by atoms with Crippen molar-refractivity contribution in [3.05, 3.63) is 40.9 Å². The summed E-state index contributed by atoms with van der Waals surface area (Å²) in [6, 6.07) is 7.47. The quantitative estimate of drug-likeness (QED) is 0.841. The summed E-state index contributed by atoms with van der Waals surface area (Å²) in [5.74, 6) is 1.49. The first-order valence-electron chi connectivity index (χ1n) is 8.67. The number of aromatic nitrogens is 3. The molecule has 0 radical (unpaired) electrons. The van der Waals surface area contributed by atoms with E-state index in [-0.39, 0.29) is 30.1 Å². The lowest BCUT2D eigenvalue weighted by Gasteiger charge is -2.14. The topological polar surface area (TPSA) is 63.1 Å². The fourth-order valence-electron chi connectivity index (χ4n) is 3.20. The summed E-state index contributed by atoms with van der Waals surface area (Å²) < 4.78 is 1.70. The van der Waals surface area contributed by atoms with E-state index in [0.29, 0.717) is 10.9 Å². The van der Waals surface area contributed by atoms with Crippen molar-refractivity contribution in [1.29, 1.82) is 0 Å². The fourth-order valence-corrected chi connectivity index (χ4v) is 3.42. The summed E-state index contributed by atoms with van der Waals surface area (Å²) in [4.78, 5) is 19.2. The predicted molar refractivity (Wildman–Crippen MR) is 106 cm³/mol. The molecule has 2 aromatic rings. The highest BCUT2D eigenvalue weighted by Crippen LogP contribution is 2.24. The zero-order chi connectivity index (χ0) is 18.0. The molecule has 26 heavy (non-hydrogen) atoms. The Morgan fingerprint density at radius 2 is 2.12 bits per heavy atom. The van der Waals surface area contributed by atoms with E-state index in [9.17, 15) is 4.79 Å². The van der Waals surface area contributed by atoms with E-state index in [1.54, 1.807) is 4.68 Å². The Morgan fingerprint density at radius 3 is 2.77 bits per heavy atom. The van der Waals surface area contributed by atoms with Crippen molar-refractivity contribution >= 4 is 29.9 Å². The Bertz CT molecular complexity index is 762. The molecule has 1 unspecified atom stereocenters. The maximum atomic E-state index is 12.8. The van der Waals surface area contributed by atoms with Crippen molar-refractivity contribution in [2.45, 2.75) is 26.2 Å². The number of hydrogen-bond acceptors (Lipinski definition) is 4. The molecule has 3 rings (SSSR count). The number of nitrogens with zero attached hydrogens (tertiary/aromatic N) is 4. The van der Waals surface area contributed by atoms with E-state index in [4.69, 9.17) is 11.6 Å². The smallest absolute Gasteiger partial charge is 0.293 e. The zero-order valence-corrected chi connectivity index (χ0v) is 16.8. The molecule has 1 fully saturated rings. The van der Waals surface area contributed by atoms with Gasteiger partial charge in [-0.25, -0.2) is 9.67 Å². The first-order valence-corrected chi connectivity index (χ1v) is 9.04. The lowest BCUT2D eigenvalue weighted by atomic mass is 10.1. The second-order valence-corrected chi connectivity index (χ2v) is 7.18. The van der Waals surface area contributed by atoms with Gasteiger partial charge in [-0.2, -0.15) is 0 Å². The van der Waals surface area contributed by atoms with Crippen LogP contribution in [-0.4, -0.2) is 52.3 Å². The Hall–Kier alpha value is -1.63. The number of para-hydroxylation sites is 1. The van der Waals surface area contributed by atoms with Crippen LogP contribution in [0.1, 0.15) is 42.6 Å². The van der Waals surface area contributed by atoms with E-state index in [2.05, 4.69) is 15.4 Å². The molecule has 0 aliphatic carbocycles. The van der Waals surface area contributed by atoms with Gasteiger partial charge in [0.25, 0.3) is 5.91 Å². The maximum Gasteiger partial charge on any atom is 0.293 e. The van der Waals surface area contributed by atoms with E-state index < -0.39 is 0 Å². The number of benzene rings is 1. The van der Waals surface area contributed by atoms with Gasteiger partial charge in [0.1, 0.15) is 5.82 Å². The van der Waals surface area contributed by atoms with Crippen LogP contribution in [0.3, 0.4) is 0 Å². The number of likely N-dealkylation sites (tertiary alicyclic amines) is 1. The van der Waals surface area contributed by atoms with Crippen LogP contribution < -0.4 is 5.32 Å². The third-order valence-electron chi connectivity index (χ3n) is 4.49. The molecule has 0 spiro atoms. The van der Waals surface area contributed by atoms with Crippen LogP contribution in [0.25, 0.3) is 5.69 Å². The fraction of sp³-hybridized carbons (Fsp3) is 0.500. The van der Waals surface area contributed by atoms with Gasteiger partial charge in [0.2, 0.25) is 5.82 Å². The van der Waals surface area contributed by atoms with E-state index in [1.165, 1.54) is 0 Å². The molecule has 0 bridgehead atoms. The van der Waals surface area contributed by atoms with Gasteiger partial charge in [-0.15, -0.1) is 17.5 Å². The van der Waals surface area contributed by atoms with Crippen molar-refractivity contribution < 1.29 is 4.79 Å². The van der Waals surface area contributed by atoms with Gasteiger partial charge in [0.05, 0.1) is 10.7 Å². The van der Waals surface area contributed by atoms with E-state index in [1.807, 2.05) is 50.1 Å². The summed E-state index contributed by atoms with van der Waals surface area (Å²) in [5, 5.41) is 8.26. The molecule has 0 saturated carbocycles. The first kappa shape index (κ1) is 20.7. The lowest BCUT2D eigenvalue weighted by Crippen LogP contribution is -2.31. The van der Waals surface area contributed by atoms with Gasteiger partial charge in [-0.05, 0) is 38.1 Å². The van der Waals surface area contributed by atoms with Crippen molar-refractivity contribution in [2.24, 2.45) is 5.92 Å². The number of rotatable bonds is 5. The lowest BCUT2D eigenvalue weighted by molar-refractivity contribution is 0.0775. The summed E-state index contributed by atoms with van der Waals surface area (Å²) in [6.45, 7) is 6.48. The Morgan fingerprint density at radius 1 is 1.38 bits per heavy atom. The van der Waals surface area contributed by atoms with Gasteiger partial charge in [0.15, 0.2) is 0 Å². The zero-order valence-electron chi connectivity index (χ0n) is 15.3. The molecular weight excluding hydrogens is 373 g/mol. The third kappa shape index (κ3) is 4.19. The average molecular weight is 398 g/mol. The van der Waals surface area contributed by atoms with E-state index in [0.717, 1.165) is 37.6 Å². The minimum absolute atomic E-state index is 0. The van der Waals surface area contributed by atoms with Crippen LogP contribution >= 0.6 is 24.0 Å². The molecule has 1 aromatic carbocycles. The standard InChI is InChI=1S/C18H24ClN5O.ClH/c1-12(2)17-21-16(18(25)23-9-8-13(11-23)10-20-3)22-24(17)15-7-5-4-6-14(15)19;/h4-7,12-13,20H,8-11H2,1-3H3;1H. The monoisotopic (exact) mass is 397 g/mol. The molecule has 2 heterocycles. The maximum absolute atomic E-state index is 12.8. The predicted octanol–water partition coefficient (Wildman–Crippen LogP) is 3.15. The highest BCUT2D eigenvalue weighted by molar-refractivity contribution is 6.32. The normalized spacial score (nSPS) is 16.8. The number of hydrogen-bond donors (Lipinski definition) is 1. The number of halogens is 2. The minimum Gasteiger partial charge on any atom is -0.336 e. The van der Waals surface area contributed by atoms with Gasteiger partial charge in [-0.1, -0.05) is 37.6 Å². The largest absolute Gasteiger partial charge is 0.336 e. The number of amides is 1. The third-order valence-corrected chi connectivity index (χ3v) is 4.81. The molecule has 1 saturated heterocycles. The van der Waals surface area contributed by atoms with Gasteiger partial charge < -0.3 is 10.2 Å². The van der Waals surface area contributed by atoms with Crippen molar-refractivity contribution in [1.82, 2.24) is 25.0 Å². The molecule has 8 heteroatoms. The first-order chi connectivity index (χ1) is 12.0. The van der Waals surface area contributed by atoms with Crippen LogP contribution in [-0.2, 0) is 0 Å². The molecule has 1 N–H and O–H groups in total. The van der Waals surface area contributed by atoms with Crippen LogP contribution in [0.5, 0.6) is 0 Å². The van der Waals surface area contributed by atoms with Gasteiger partial charge in [0, 0.05) is 19.0 Å². The van der Waals surface area contributed by atoms with Crippen LogP contribution in [0.15, 0.2) is 24.3 Å². The van der Waals surface area contributed by atoms with Crippen LogP contribution in [0.2, 0.25) is 5.02 Å². The van der Waals surface area contributed by atoms with Gasteiger partial charge in [-0.3, -0.25) is 4.79 Å². The molecule has 1 atom stereocenters. The Kier molecular flexibility index (Phi) is 7.03.